The predicted molar refractivity (Wildman–Crippen MR) is 145 cm³/mol. The molecule has 7 nitrogen and oxygen atoms in total. The van der Waals surface area contributed by atoms with Crippen molar-refractivity contribution in [2.24, 2.45) is 0 Å². The minimum absolute atomic E-state index is 0.0860. The van der Waals surface area contributed by atoms with Gasteiger partial charge in [-0.05, 0) is 56.4 Å². The highest BCUT2D eigenvalue weighted by atomic mass is 32.1. The summed E-state index contributed by atoms with van der Waals surface area (Å²) in [5, 5.41) is 3.67. The van der Waals surface area contributed by atoms with Gasteiger partial charge in [0.05, 0.1) is 17.2 Å². The Balaban J connectivity index is 1.31. The van der Waals surface area contributed by atoms with E-state index in [2.05, 4.69) is 52.5 Å². The number of hydrogen-bond donors (Lipinski definition) is 1. The molecule has 0 radical (unpaired) electrons. The Bertz CT molecular complexity index is 1290. The second kappa shape index (κ2) is 10.0. The van der Waals surface area contributed by atoms with Gasteiger partial charge in [0.2, 0.25) is 5.95 Å². The molecule has 36 heavy (non-hydrogen) atoms. The van der Waals surface area contributed by atoms with E-state index in [0.717, 1.165) is 43.8 Å². The van der Waals surface area contributed by atoms with Crippen molar-refractivity contribution in [2.45, 2.75) is 38.6 Å². The van der Waals surface area contributed by atoms with Crippen LogP contribution in [0.3, 0.4) is 0 Å². The Morgan fingerprint density at radius 2 is 2.06 bits per heavy atom. The molecule has 3 aliphatic rings. The van der Waals surface area contributed by atoms with Crippen molar-refractivity contribution in [2.75, 3.05) is 42.6 Å². The fourth-order valence-electron chi connectivity index (χ4n) is 4.89. The highest BCUT2D eigenvalue weighted by Gasteiger charge is 2.29. The number of thiophene rings is 1. The van der Waals surface area contributed by atoms with Crippen LogP contribution in [0.25, 0.3) is 16.1 Å². The number of nitrogens with zero attached hydrogens (tertiary/aromatic N) is 4. The van der Waals surface area contributed by atoms with Crippen LogP contribution in [0.5, 0.6) is 0 Å². The number of ether oxygens (including phenoxy) is 1. The molecule has 2 fully saturated rings. The molecule has 1 saturated heterocycles. The predicted octanol–water partition coefficient (Wildman–Crippen LogP) is 4.75. The SMILES string of the molecule is CC=C(NC1CC1)c1cc2c(s1)-c1ccccc1N(C(=O)c1ccnc(N3CCCOCC3)n1)CC2. The number of para-hydroxylation sites is 1. The fourth-order valence-corrected chi connectivity index (χ4v) is 6.17. The number of nitrogens with one attached hydrogen (secondary N) is 1. The van der Waals surface area contributed by atoms with Crippen LogP contribution in [0.2, 0.25) is 0 Å². The Morgan fingerprint density at radius 3 is 2.92 bits per heavy atom. The highest BCUT2D eigenvalue weighted by molar-refractivity contribution is 7.16. The smallest absolute Gasteiger partial charge is 0.277 e. The third-order valence-corrected chi connectivity index (χ3v) is 8.20. The van der Waals surface area contributed by atoms with Crippen LogP contribution in [-0.2, 0) is 11.2 Å². The van der Waals surface area contributed by atoms with Crippen LogP contribution < -0.4 is 15.1 Å². The number of anilines is 2. The average Bonchev–Trinajstić information content (AvgIpc) is 3.72. The molecule has 2 aromatic heterocycles. The summed E-state index contributed by atoms with van der Waals surface area (Å²) in [4.78, 5) is 29.5. The second-order valence-electron chi connectivity index (χ2n) is 9.50. The number of amides is 1. The first-order valence-corrected chi connectivity index (χ1v) is 13.7. The summed E-state index contributed by atoms with van der Waals surface area (Å²) in [5.41, 5.74) is 4.98. The van der Waals surface area contributed by atoms with E-state index in [1.54, 1.807) is 12.3 Å². The van der Waals surface area contributed by atoms with Gasteiger partial charge < -0.3 is 19.9 Å². The van der Waals surface area contributed by atoms with Crippen LogP contribution in [0, 0.1) is 0 Å². The molecule has 1 amide bonds. The Hall–Kier alpha value is -3.23. The quantitative estimate of drug-likeness (QED) is 0.544. The van der Waals surface area contributed by atoms with Crippen molar-refractivity contribution < 1.29 is 9.53 Å². The van der Waals surface area contributed by atoms with Gasteiger partial charge in [0.25, 0.3) is 5.91 Å². The van der Waals surface area contributed by atoms with Gasteiger partial charge in [-0.1, -0.05) is 24.3 Å². The van der Waals surface area contributed by atoms with Gasteiger partial charge in [-0.15, -0.1) is 11.3 Å². The van der Waals surface area contributed by atoms with Gasteiger partial charge in [0.1, 0.15) is 5.69 Å². The fraction of sp³-hybridized carbons (Fsp3) is 0.393. The van der Waals surface area contributed by atoms with Gasteiger partial charge in [0.15, 0.2) is 0 Å². The third kappa shape index (κ3) is 4.63. The lowest BCUT2D eigenvalue weighted by atomic mass is 10.1. The van der Waals surface area contributed by atoms with E-state index >= 15 is 0 Å². The second-order valence-corrected chi connectivity index (χ2v) is 10.6. The maximum atomic E-state index is 13.8. The lowest BCUT2D eigenvalue weighted by molar-refractivity contribution is 0.0982. The normalized spacial score (nSPS) is 18.2. The van der Waals surface area contributed by atoms with Crippen molar-refractivity contribution in [1.82, 2.24) is 15.3 Å². The molecule has 186 valence electrons. The molecular formula is C28H31N5O2S. The Kier molecular flexibility index (Phi) is 6.46. The van der Waals surface area contributed by atoms with Gasteiger partial charge >= 0.3 is 0 Å². The molecule has 0 spiro atoms. The first kappa shape index (κ1) is 23.2. The summed E-state index contributed by atoms with van der Waals surface area (Å²) in [7, 11) is 0. The van der Waals surface area contributed by atoms with E-state index in [0.29, 0.717) is 30.8 Å². The largest absolute Gasteiger partial charge is 0.381 e. The molecule has 6 rings (SSSR count). The molecule has 1 aliphatic carbocycles. The zero-order chi connectivity index (χ0) is 24.5. The molecule has 4 heterocycles. The van der Waals surface area contributed by atoms with Gasteiger partial charge in [-0.25, -0.2) is 9.97 Å². The lowest BCUT2D eigenvalue weighted by Crippen LogP contribution is -2.34. The van der Waals surface area contributed by atoms with E-state index in [1.807, 2.05) is 22.3 Å². The molecular weight excluding hydrogens is 470 g/mol. The van der Waals surface area contributed by atoms with E-state index in [-0.39, 0.29) is 5.91 Å². The standard InChI is InChI=1S/C28H31N5O2S/c1-2-22(30-20-8-9-20)25-18-19-11-14-33(24-7-4-3-6-21(24)26(19)36-25)27(34)23-10-12-29-28(31-23)32-13-5-16-35-17-15-32/h2-4,6-7,10,12,18,20,30H,5,8-9,11,13-17H2,1H3. The van der Waals surface area contributed by atoms with Crippen molar-refractivity contribution in [1.29, 1.82) is 0 Å². The van der Waals surface area contributed by atoms with Crippen molar-refractivity contribution in [3.63, 3.8) is 0 Å². The van der Waals surface area contributed by atoms with Crippen LogP contribution in [-0.4, -0.2) is 54.8 Å². The molecule has 1 N–H and O–H groups in total. The number of aromatic nitrogens is 2. The number of hydrogen-bond acceptors (Lipinski definition) is 7. The number of carbonyl (C=O) groups is 1. The monoisotopic (exact) mass is 501 g/mol. The molecule has 1 saturated carbocycles. The van der Waals surface area contributed by atoms with Crippen LogP contribution >= 0.6 is 11.3 Å². The van der Waals surface area contributed by atoms with Gasteiger partial charge in [0, 0.05) is 54.6 Å². The van der Waals surface area contributed by atoms with E-state index in [9.17, 15) is 4.79 Å². The minimum Gasteiger partial charge on any atom is -0.381 e. The average molecular weight is 502 g/mol. The maximum Gasteiger partial charge on any atom is 0.277 e. The first-order valence-electron chi connectivity index (χ1n) is 12.8. The molecule has 0 bridgehead atoms. The summed E-state index contributed by atoms with van der Waals surface area (Å²) < 4.78 is 5.57. The molecule has 0 unspecified atom stereocenters. The number of allylic oxidation sites excluding steroid dienone is 1. The van der Waals surface area contributed by atoms with Crippen LogP contribution in [0.1, 0.15) is 47.1 Å². The molecule has 3 aromatic rings. The van der Waals surface area contributed by atoms with E-state index in [1.165, 1.54) is 33.9 Å². The highest BCUT2D eigenvalue weighted by Crippen LogP contribution is 2.43. The van der Waals surface area contributed by atoms with Crippen LogP contribution in [0.4, 0.5) is 11.6 Å². The summed E-state index contributed by atoms with van der Waals surface area (Å²) >= 11 is 1.81. The minimum atomic E-state index is -0.0860. The third-order valence-electron chi connectivity index (χ3n) is 6.96. The number of benzene rings is 1. The van der Waals surface area contributed by atoms with Crippen LogP contribution in [0.15, 0.2) is 48.7 Å². The summed E-state index contributed by atoms with van der Waals surface area (Å²) in [6.07, 6.45) is 8.09. The molecule has 8 heteroatoms. The van der Waals surface area contributed by atoms with E-state index < -0.39 is 0 Å². The first-order chi connectivity index (χ1) is 17.7. The van der Waals surface area contributed by atoms with Crippen molar-refractivity contribution in [3.05, 3.63) is 64.8 Å². The zero-order valence-corrected chi connectivity index (χ0v) is 21.4. The summed E-state index contributed by atoms with van der Waals surface area (Å²) in [6, 6.07) is 12.9. The summed E-state index contributed by atoms with van der Waals surface area (Å²) in [5.74, 6) is 0.511. The Labute approximate surface area is 215 Å². The van der Waals surface area contributed by atoms with Crippen molar-refractivity contribution >= 4 is 34.6 Å². The Morgan fingerprint density at radius 1 is 1.17 bits per heavy atom. The molecule has 0 atom stereocenters. The van der Waals surface area contributed by atoms with Gasteiger partial charge in [-0.2, -0.15) is 0 Å². The number of carbonyl (C=O) groups excluding carboxylic acids is 1. The topological polar surface area (TPSA) is 70.6 Å². The zero-order valence-electron chi connectivity index (χ0n) is 20.6. The lowest BCUT2D eigenvalue weighted by Gasteiger charge is -2.24. The van der Waals surface area contributed by atoms with Gasteiger partial charge in [-0.3, -0.25) is 4.79 Å². The molecule has 1 aromatic carbocycles. The number of rotatable bonds is 5. The maximum absolute atomic E-state index is 13.8. The summed E-state index contributed by atoms with van der Waals surface area (Å²) in [6.45, 7) is 5.66. The van der Waals surface area contributed by atoms with Crippen molar-refractivity contribution in [3.8, 4) is 10.4 Å². The molecule has 2 aliphatic heterocycles. The van der Waals surface area contributed by atoms with E-state index in [4.69, 9.17) is 9.72 Å². The number of fused-ring (bicyclic) bond motifs is 3.